The van der Waals surface area contributed by atoms with Crippen LogP contribution in [0.3, 0.4) is 0 Å². The van der Waals surface area contributed by atoms with Gasteiger partial charge in [0.1, 0.15) is 13.2 Å². The zero-order valence-corrected chi connectivity index (χ0v) is 25.5. The molecule has 43 heavy (non-hydrogen) atoms. The van der Waals surface area contributed by atoms with E-state index in [1.165, 1.54) is 60.9 Å². The molecule has 0 fully saturated rings. The second-order valence-corrected chi connectivity index (χ2v) is 8.48. The van der Waals surface area contributed by atoms with E-state index in [9.17, 15) is 9.59 Å². The number of nitrogens with one attached hydrogen (secondary N) is 1. The van der Waals surface area contributed by atoms with Crippen LogP contribution in [0.5, 0.6) is 34.5 Å². The molecule has 0 bridgehead atoms. The van der Waals surface area contributed by atoms with Crippen molar-refractivity contribution < 1.29 is 57.0 Å². The SMILES string of the molecule is COc1cc(/C=C/C(=O)OCCOCCNCCOCCOC(=O)c2cc(OC)c(OC)c(OC)c2)cc(OC)c1OC. The third kappa shape index (κ3) is 11.5. The Bertz CT molecular complexity index is 1130. The first-order valence-corrected chi connectivity index (χ1v) is 13.4. The molecule has 0 aliphatic rings. The number of benzene rings is 2. The molecule has 0 saturated heterocycles. The Kier molecular flexibility index (Phi) is 16.1. The lowest BCUT2D eigenvalue weighted by molar-refractivity contribution is -0.139. The fourth-order valence-corrected chi connectivity index (χ4v) is 3.70. The lowest BCUT2D eigenvalue weighted by Crippen LogP contribution is -2.25. The summed E-state index contributed by atoms with van der Waals surface area (Å²) in [6, 6.07) is 6.50. The van der Waals surface area contributed by atoms with E-state index >= 15 is 0 Å². The zero-order valence-electron chi connectivity index (χ0n) is 25.5. The highest BCUT2D eigenvalue weighted by Crippen LogP contribution is 2.39. The van der Waals surface area contributed by atoms with Gasteiger partial charge in [-0.2, -0.15) is 0 Å². The highest BCUT2D eigenvalue weighted by molar-refractivity contribution is 5.91. The van der Waals surface area contributed by atoms with Crippen LogP contribution in [0.25, 0.3) is 6.08 Å². The maximum Gasteiger partial charge on any atom is 0.338 e. The Balaban J connectivity index is 1.52. The first kappa shape index (κ1) is 35.0. The summed E-state index contributed by atoms with van der Waals surface area (Å²) in [4.78, 5) is 24.4. The number of hydrogen-bond donors (Lipinski definition) is 1. The summed E-state index contributed by atoms with van der Waals surface area (Å²) in [6.45, 7) is 2.76. The van der Waals surface area contributed by atoms with E-state index in [4.69, 9.17) is 47.4 Å². The Morgan fingerprint density at radius 1 is 0.605 bits per heavy atom. The van der Waals surface area contributed by atoms with Crippen LogP contribution < -0.4 is 33.7 Å². The molecule has 0 unspecified atom stereocenters. The van der Waals surface area contributed by atoms with Crippen LogP contribution in [-0.2, 0) is 23.7 Å². The Labute approximate surface area is 251 Å². The van der Waals surface area contributed by atoms with Gasteiger partial charge in [0.2, 0.25) is 11.5 Å². The quantitative estimate of drug-likeness (QED) is 0.127. The van der Waals surface area contributed by atoms with Crippen molar-refractivity contribution in [2.75, 3.05) is 95.4 Å². The van der Waals surface area contributed by atoms with Crippen LogP contribution in [0.2, 0.25) is 0 Å². The van der Waals surface area contributed by atoms with Gasteiger partial charge >= 0.3 is 11.9 Å². The minimum atomic E-state index is -0.529. The fraction of sp³-hybridized carbons (Fsp3) is 0.467. The molecule has 238 valence electrons. The van der Waals surface area contributed by atoms with Gasteiger partial charge in [0.25, 0.3) is 0 Å². The van der Waals surface area contributed by atoms with Crippen molar-refractivity contribution in [3.8, 4) is 34.5 Å². The van der Waals surface area contributed by atoms with Gasteiger partial charge < -0.3 is 52.7 Å². The molecule has 0 amide bonds. The van der Waals surface area contributed by atoms with Crippen LogP contribution in [0, 0.1) is 0 Å². The Morgan fingerprint density at radius 3 is 1.53 bits per heavy atom. The van der Waals surface area contributed by atoms with E-state index in [1.807, 2.05) is 0 Å². The molecular formula is C30H41NO12. The normalized spacial score (nSPS) is 10.7. The second-order valence-electron chi connectivity index (χ2n) is 8.48. The van der Waals surface area contributed by atoms with Crippen molar-refractivity contribution in [1.29, 1.82) is 0 Å². The number of carbonyl (C=O) groups excluding carboxylic acids is 2. The third-order valence-corrected chi connectivity index (χ3v) is 5.78. The summed E-state index contributed by atoms with van der Waals surface area (Å²) in [5, 5.41) is 3.17. The van der Waals surface area contributed by atoms with E-state index in [1.54, 1.807) is 18.2 Å². The van der Waals surface area contributed by atoms with Crippen LogP contribution in [-0.4, -0.2) is 107 Å². The summed E-state index contributed by atoms with van der Waals surface area (Å²) in [6.07, 6.45) is 2.91. The largest absolute Gasteiger partial charge is 0.493 e. The van der Waals surface area contributed by atoms with Crippen molar-refractivity contribution in [2.24, 2.45) is 0 Å². The molecule has 0 saturated carbocycles. The Morgan fingerprint density at radius 2 is 1.07 bits per heavy atom. The molecular weight excluding hydrogens is 566 g/mol. The van der Waals surface area contributed by atoms with Gasteiger partial charge in [0.15, 0.2) is 23.0 Å². The van der Waals surface area contributed by atoms with Gasteiger partial charge in [-0.3, -0.25) is 0 Å². The number of hydrogen-bond acceptors (Lipinski definition) is 13. The van der Waals surface area contributed by atoms with Crippen LogP contribution in [0.1, 0.15) is 15.9 Å². The molecule has 1 N–H and O–H groups in total. The van der Waals surface area contributed by atoms with Gasteiger partial charge in [0, 0.05) is 19.2 Å². The summed E-state index contributed by atoms with van der Waals surface area (Å²) in [5.41, 5.74) is 0.965. The summed E-state index contributed by atoms with van der Waals surface area (Å²) < 4.78 is 53.0. The molecule has 0 atom stereocenters. The van der Waals surface area contributed by atoms with E-state index in [-0.39, 0.29) is 32.0 Å². The highest BCUT2D eigenvalue weighted by Gasteiger charge is 2.18. The number of rotatable bonds is 21. The van der Waals surface area contributed by atoms with Gasteiger partial charge in [0.05, 0.1) is 74.6 Å². The van der Waals surface area contributed by atoms with Gasteiger partial charge in [-0.25, -0.2) is 9.59 Å². The van der Waals surface area contributed by atoms with Crippen LogP contribution in [0.4, 0.5) is 0 Å². The average molecular weight is 608 g/mol. The first-order valence-electron chi connectivity index (χ1n) is 13.4. The topological polar surface area (TPSA) is 138 Å². The molecule has 13 heteroatoms. The molecule has 0 heterocycles. The number of carbonyl (C=O) groups is 2. The number of esters is 2. The molecule has 2 rings (SSSR count). The molecule has 0 aromatic heterocycles. The molecule has 0 spiro atoms. The van der Waals surface area contributed by atoms with Gasteiger partial charge in [-0.1, -0.05) is 0 Å². The molecule has 0 radical (unpaired) electrons. The predicted molar refractivity (Wildman–Crippen MR) is 157 cm³/mol. The zero-order chi connectivity index (χ0) is 31.5. The van der Waals surface area contributed by atoms with Crippen molar-refractivity contribution in [2.45, 2.75) is 0 Å². The van der Waals surface area contributed by atoms with Crippen LogP contribution in [0.15, 0.2) is 30.3 Å². The molecule has 13 nitrogen and oxygen atoms in total. The lowest BCUT2D eigenvalue weighted by Gasteiger charge is -2.13. The standard InChI is InChI=1S/C30H41NO12/c1-34-23-17-21(18-24(35-2)28(23)38-5)7-8-27(32)42-15-13-40-11-9-31-10-12-41-14-16-43-30(33)22-19-25(36-3)29(39-6)26(20-22)37-4/h7-8,17-20,31H,9-16H2,1-6H3/b8-7+. The lowest BCUT2D eigenvalue weighted by atomic mass is 10.1. The summed E-state index contributed by atoms with van der Waals surface area (Å²) in [7, 11) is 8.99. The summed E-state index contributed by atoms with van der Waals surface area (Å²) >= 11 is 0. The third-order valence-electron chi connectivity index (χ3n) is 5.78. The molecule has 0 aliphatic heterocycles. The van der Waals surface area contributed by atoms with Crippen molar-refractivity contribution in [3.63, 3.8) is 0 Å². The van der Waals surface area contributed by atoms with Crippen molar-refractivity contribution in [3.05, 3.63) is 41.5 Å². The maximum atomic E-state index is 12.4. The van der Waals surface area contributed by atoms with Gasteiger partial charge in [-0.05, 0) is 35.9 Å². The minimum absolute atomic E-state index is 0.0923. The van der Waals surface area contributed by atoms with Crippen molar-refractivity contribution in [1.82, 2.24) is 5.32 Å². The number of ether oxygens (including phenoxy) is 10. The van der Waals surface area contributed by atoms with E-state index < -0.39 is 11.9 Å². The smallest absolute Gasteiger partial charge is 0.338 e. The van der Waals surface area contributed by atoms with E-state index in [0.717, 1.165) is 0 Å². The van der Waals surface area contributed by atoms with E-state index in [2.05, 4.69) is 5.32 Å². The van der Waals surface area contributed by atoms with Crippen LogP contribution >= 0.6 is 0 Å². The first-order chi connectivity index (χ1) is 20.9. The van der Waals surface area contributed by atoms with Gasteiger partial charge in [-0.15, -0.1) is 0 Å². The molecule has 2 aromatic carbocycles. The number of methoxy groups -OCH3 is 6. The summed E-state index contributed by atoms with van der Waals surface area (Å²) in [5.74, 6) is 1.53. The predicted octanol–water partition coefficient (Wildman–Crippen LogP) is 2.77. The monoisotopic (exact) mass is 607 g/mol. The average Bonchev–Trinajstić information content (AvgIpc) is 3.04. The minimum Gasteiger partial charge on any atom is -0.493 e. The van der Waals surface area contributed by atoms with E-state index in [0.29, 0.717) is 66.4 Å². The maximum absolute atomic E-state index is 12.4. The Hall–Kier alpha value is -4.20. The fourth-order valence-electron chi connectivity index (χ4n) is 3.70. The molecule has 0 aliphatic carbocycles. The molecule has 2 aromatic rings. The van der Waals surface area contributed by atoms with Crippen molar-refractivity contribution >= 4 is 18.0 Å². The second kappa shape index (κ2) is 19.8. The highest BCUT2D eigenvalue weighted by atomic mass is 16.6.